The highest BCUT2D eigenvalue weighted by molar-refractivity contribution is 5.88. The highest BCUT2D eigenvalue weighted by Crippen LogP contribution is 2.14. The molecule has 0 saturated carbocycles. The zero-order valence-electron chi connectivity index (χ0n) is 11.4. The molecule has 1 rings (SSSR count). The molecule has 0 radical (unpaired) electrons. The number of carbonyl (C=O) groups excluding carboxylic acids is 2. The number of carbonyl (C=O) groups is 2. The first-order chi connectivity index (χ1) is 8.52. The van der Waals surface area contributed by atoms with Crippen LogP contribution in [0.2, 0.25) is 0 Å². The lowest BCUT2D eigenvalue weighted by atomic mass is 9.93. The lowest BCUT2D eigenvalue weighted by Crippen LogP contribution is -2.50. The number of hydrogen-bond acceptors (Lipinski definition) is 3. The minimum Gasteiger partial charge on any atom is -0.354 e. The van der Waals surface area contributed by atoms with E-state index in [1.165, 1.54) is 0 Å². The molecule has 1 unspecified atom stereocenters. The molecule has 0 aliphatic carbocycles. The molecule has 1 aliphatic heterocycles. The van der Waals surface area contributed by atoms with E-state index in [0.717, 1.165) is 19.3 Å². The second-order valence-corrected chi connectivity index (χ2v) is 5.49. The third-order valence-corrected chi connectivity index (χ3v) is 3.23. The summed E-state index contributed by atoms with van der Waals surface area (Å²) in [5.74, 6) is 0.608. The summed E-state index contributed by atoms with van der Waals surface area (Å²) in [5, 5.41) is 5.56. The lowest BCUT2D eigenvalue weighted by molar-refractivity contribution is -0.130. The van der Waals surface area contributed by atoms with Crippen LogP contribution in [0.3, 0.4) is 0 Å². The van der Waals surface area contributed by atoms with Crippen molar-refractivity contribution in [3.8, 4) is 0 Å². The van der Waals surface area contributed by atoms with Crippen LogP contribution in [0.4, 0.5) is 0 Å². The van der Waals surface area contributed by atoms with Gasteiger partial charge in [-0.15, -0.1) is 0 Å². The van der Waals surface area contributed by atoms with Crippen molar-refractivity contribution in [3.05, 3.63) is 0 Å². The fraction of sp³-hybridized carbons (Fsp3) is 0.846. The van der Waals surface area contributed by atoms with E-state index in [0.29, 0.717) is 25.4 Å². The third kappa shape index (κ3) is 5.04. The highest BCUT2D eigenvalue weighted by atomic mass is 16.2. The average molecular weight is 255 g/mol. The molecular formula is C13H25N3O2. The molecule has 5 heteroatoms. The van der Waals surface area contributed by atoms with Crippen LogP contribution in [0.15, 0.2) is 0 Å². The van der Waals surface area contributed by atoms with E-state index in [4.69, 9.17) is 5.73 Å². The smallest absolute Gasteiger partial charge is 0.242 e. The third-order valence-electron chi connectivity index (χ3n) is 3.23. The minimum atomic E-state index is -0.358. The van der Waals surface area contributed by atoms with Crippen molar-refractivity contribution in [3.63, 3.8) is 0 Å². The Morgan fingerprint density at radius 2 is 2.28 bits per heavy atom. The monoisotopic (exact) mass is 255 g/mol. The molecule has 1 heterocycles. The Balaban J connectivity index is 2.37. The maximum atomic E-state index is 11.9. The summed E-state index contributed by atoms with van der Waals surface area (Å²) >= 11 is 0. The van der Waals surface area contributed by atoms with E-state index in [1.54, 1.807) is 0 Å². The van der Waals surface area contributed by atoms with Gasteiger partial charge in [-0.2, -0.15) is 0 Å². The summed E-state index contributed by atoms with van der Waals surface area (Å²) in [7, 11) is 0. The van der Waals surface area contributed by atoms with Gasteiger partial charge in [0.15, 0.2) is 0 Å². The second-order valence-electron chi connectivity index (χ2n) is 5.49. The molecule has 1 fully saturated rings. The number of nitrogens with two attached hydrogens (primary N) is 1. The molecule has 0 aromatic carbocycles. The van der Waals surface area contributed by atoms with Crippen LogP contribution in [0.5, 0.6) is 0 Å². The first kappa shape index (κ1) is 15.0. The Bertz CT molecular complexity index is 292. The van der Waals surface area contributed by atoms with Gasteiger partial charge in [0.1, 0.15) is 6.04 Å². The van der Waals surface area contributed by atoms with Crippen LogP contribution >= 0.6 is 0 Å². The van der Waals surface area contributed by atoms with Crippen molar-refractivity contribution in [1.29, 1.82) is 0 Å². The zero-order chi connectivity index (χ0) is 13.5. The van der Waals surface area contributed by atoms with Crippen LogP contribution in [0, 0.1) is 11.8 Å². The van der Waals surface area contributed by atoms with E-state index in [-0.39, 0.29) is 23.8 Å². The molecule has 0 aromatic rings. The quantitative estimate of drug-likeness (QED) is 0.642. The van der Waals surface area contributed by atoms with E-state index in [1.807, 2.05) is 0 Å². The van der Waals surface area contributed by atoms with Gasteiger partial charge in [-0.1, -0.05) is 13.8 Å². The van der Waals surface area contributed by atoms with Gasteiger partial charge in [-0.05, 0) is 37.6 Å². The summed E-state index contributed by atoms with van der Waals surface area (Å²) in [6, 6.07) is -0.358. The number of hydrogen-bond donors (Lipinski definition) is 3. The second kappa shape index (κ2) is 7.36. The van der Waals surface area contributed by atoms with Gasteiger partial charge in [0.25, 0.3) is 0 Å². The first-order valence-corrected chi connectivity index (χ1v) is 6.80. The summed E-state index contributed by atoms with van der Waals surface area (Å²) in [5.41, 5.74) is 5.67. The first-order valence-electron chi connectivity index (χ1n) is 6.80. The average Bonchev–Trinajstić information content (AvgIpc) is 2.30. The topological polar surface area (TPSA) is 84.2 Å². The number of nitrogens with one attached hydrogen (secondary N) is 2. The van der Waals surface area contributed by atoms with Gasteiger partial charge < -0.3 is 16.4 Å². The summed E-state index contributed by atoms with van der Waals surface area (Å²) < 4.78 is 0. The molecule has 5 nitrogen and oxygen atoms in total. The number of piperidine rings is 1. The molecule has 2 amide bonds. The van der Waals surface area contributed by atoms with Crippen molar-refractivity contribution >= 4 is 11.8 Å². The lowest BCUT2D eigenvalue weighted by Gasteiger charge is -2.24. The predicted octanol–water partition coefficient (Wildman–Crippen LogP) is 0.392. The molecule has 0 bridgehead atoms. The van der Waals surface area contributed by atoms with E-state index < -0.39 is 0 Å². The normalized spacial score (nSPS) is 21.6. The predicted molar refractivity (Wildman–Crippen MR) is 70.8 cm³/mol. The van der Waals surface area contributed by atoms with Crippen LogP contribution in [-0.4, -0.2) is 30.9 Å². The van der Waals surface area contributed by atoms with Gasteiger partial charge in [0, 0.05) is 13.0 Å². The molecule has 4 N–H and O–H groups in total. The fourth-order valence-electron chi connectivity index (χ4n) is 2.35. The number of rotatable bonds is 6. The van der Waals surface area contributed by atoms with Crippen molar-refractivity contribution in [2.24, 2.45) is 17.6 Å². The Morgan fingerprint density at radius 3 is 2.83 bits per heavy atom. The molecule has 18 heavy (non-hydrogen) atoms. The van der Waals surface area contributed by atoms with Crippen molar-refractivity contribution < 1.29 is 9.59 Å². The Kier molecular flexibility index (Phi) is 6.12. The van der Waals surface area contributed by atoms with Crippen LogP contribution in [0.1, 0.15) is 39.5 Å². The fourth-order valence-corrected chi connectivity index (χ4v) is 2.35. The SMILES string of the molecule is CC(C)C[C@H](CN)CC(=O)NC1CCCNC1=O. The van der Waals surface area contributed by atoms with Gasteiger partial charge in [0.2, 0.25) is 11.8 Å². The van der Waals surface area contributed by atoms with Crippen molar-refractivity contribution in [2.45, 2.75) is 45.6 Å². The molecule has 2 atom stereocenters. The van der Waals surface area contributed by atoms with Gasteiger partial charge >= 0.3 is 0 Å². The summed E-state index contributed by atoms with van der Waals surface area (Å²) in [6.07, 6.45) is 3.01. The molecule has 104 valence electrons. The molecule has 0 aromatic heterocycles. The Labute approximate surface area is 109 Å². The molecular weight excluding hydrogens is 230 g/mol. The zero-order valence-corrected chi connectivity index (χ0v) is 11.4. The Hall–Kier alpha value is -1.10. The van der Waals surface area contributed by atoms with Crippen LogP contribution < -0.4 is 16.4 Å². The molecule has 0 spiro atoms. The van der Waals surface area contributed by atoms with Gasteiger partial charge in [-0.3, -0.25) is 9.59 Å². The van der Waals surface area contributed by atoms with Gasteiger partial charge in [-0.25, -0.2) is 0 Å². The maximum Gasteiger partial charge on any atom is 0.242 e. The maximum absolute atomic E-state index is 11.9. The largest absolute Gasteiger partial charge is 0.354 e. The molecule has 1 aliphatic rings. The van der Waals surface area contributed by atoms with Crippen molar-refractivity contribution in [2.75, 3.05) is 13.1 Å². The van der Waals surface area contributed by atoms with E-state index >= 15 is 0 Å². The number of amides is 2. The van der Waals surface area contributed by atoms with E-state index in [2.05, 4.69) is 24.5 Å². The van der Waals surface area contributed by atoms with Gasteiger partial charge in [0.05, 0.1) is 0 Å². The highest BCUT2D eigenvalue weighted by Gasteiger charge is 2.24. The van der Waals surface area contributed by atoms with E-state index in [9.17, 15) is 9.59 Å². The Morgan fingerprint density at radius 1 is 1.56 bits per heavy atom. The van der Waals surface area contributed by atoms with Crippen LogP contribution in [-0.2, 0) is 9.59 Å². The van der Waals surface area contributed by atoms with Crippen LogP contribution in [0.25, 0.3) is 0 Å². The summed E-state index contributed by atoms with van der Waals surface area (Å²) in [6.45, 7) is 5.47. The standard InChI is InChI=1S/C13H25N3O2/c1-9(2)6-10(8-14)7-12(17)16-11-4-3-5-15-13(11)18/h9-11H,3-8,14H2,1-2H3,(H,15,18)(H,16,17)/t10-,11?/m0/s1. The molecule has 1 saturated heterocycles. The minimum absolute atomic E-state index is 0.0619. The van der Waals surface area contributed by atoms with Crippen molar-refractivity contribution in [1.82, 2.24) is 10.6 Å². The summed E-state index contributed by atoms with van der Waals surface area (Å²) in [4.78, 5) is 23.4.